The lowest BCUT2D eigenvalue weighted by molar-refractivity contribution is 0.341. The molecule has 0 radical (unpaired) electrons. The van der Waals surface area contributed by atoms with E-state index in [2.05, 4.69) is 11.4 Å². The van der Waals surface area contributed by atoms with E-state index in [1.807, 2.05) is 0 Å². The second kappa shape index (κ2) is 3.79. The molecular weight excluding hydrogens is 192 g/mol. The van der Waals surface area contributed by atoms with E-state index >= 15 is 0 Å². The van der Waals surface area contributed by atoms with Crippen LogP contribution in [0.3, 0.4) is 0 Å². The summed E-state index contributed by atoms with van der Waals surface area (Å²) in [5, 5.41) is 22.0. The summed E-state index contributed by atoms with van der Waals surface area (Å²) in [5.74, 6) is 0.492. The molecule has 0 aliphatic carbocycles. The molecule has 1 fully saturated rings. The Morgan fingerprint density at radius 3 is 2.80 bits per heavy atom. The molecule has 4 heteroatoms. The van der Waals surface area contributed by atoms with Gasteiger partial charge < -0.3 is 15.2 Å². The highest BCUT2D eigenvalue weighted by atomic mass is 16.5. The highest BCUT2D eigenvalue weighted by molar-refractivity contribution is 5.55. The molecule has 0 aromatic heterocycles. The van der Waals surface area contributed by atoms with Gasteiger partial charge >= 0.3 is 0 Å². The van der Waals surface area contributed by atoms with Crippen LogP contribution in [-0.2, 0) is 0 Å². The molecular formula is C11H12N2O2. The van der Waals surface area contributed by atoms with E-state index in [0.717, 1.165) is 13.0 Å². The van der Waals surface area contributed by atoms with Crippen molar-refractivity contribution in [3.63, 3.8) is 0 Å². The molecule has 2 N–H and O–H groups in total. The Labute approximate surface area is 88.1 Å². The van der Waals surface area contributed by atoms with Crippen molar-refractivity contribution in [3.8, 4) is 17.6 Å². The monoisotopic (exact) mass is 204 g/mol. The number of nitriles is 1. The maximum absolute atomic E-state index is 9.92. The smallest absolute Gasteiger partial charge is 0.163 e. The van der Waals surface area contributed by atoms with Gasteiger partial charge in [-0.3, -0.25) is 0 Å². The first-order chi connectivity index (χ1) is 7.27. The van der Waals surface area contributed by atoms with Gasteiger partial charge in [-0.15, -0.1) is 0 Å². The van der Waals surface area contributed by atoms with E-state index in [1.165, 1.54) is 7.11 Å². The zero-order chi connectivity index (χ0) is 10.8. The Morgan fingerprint density at radius 1 is 1.60 bits per heavy atom. The molecule has 1 aliphatic rings. The van der Waals surface area contributed by atoms with E-state index in [9.17, 15) is 5.11 Å². The van der Waals surface area contributed by atoms with Crippen LogP contribution < -0.4 is 10.1 Å². The quantitative estimate of drug-likeness (QED) is 0.762. The summed E-state index contributed by atoms with van der Waals surface area (Å²) in [4.78, 5) is 0. The maximum atomic E-state index is 9.92. The van der Waals surface area contributed by atoms with Crippen LogP contribution in [0, 0.1) is 11.3 Å². The first-order valence-corrected chi connectivity index (χ1v) is 4.81. The molecule has 1 saturated heterocycles. The predicted octanol–water partition coefficient (Wildman–Crippen LogP) is 1.31. The van der Waals surface area contributed by atoms with Crippen molar-refractivity contribution in [2.75, 3.05) is 13.7 Å². The summed E-state index contributed by atoms with van der Waals surface area (Å²) in [6.45, 7) is 0.923. The van der Waals surface area contributed by atoms with Crippen LogP contribution >= 0.6 is 0 Å². The van der Waals surface area contributed by atoms with E-state index < -0.39 is 0 Å². The van der Waals surface area contributed by atoms with E-state index in [0.29, 0.717) is 16.9 Å². The van der Waals surface area contributed by atoms with E-state index in [-0.39, 0.29) is 11.8 Å². The number of hydrogen-bond acceptors (Lipinski definition) is 4. The molecule has 1 atom stereocenters. The van der Waals surface area contributed by atoms with Crippen molar-refractivity contribution < 1.29 is 9.84 Å². The fourth-order valence-corrected chi connectivity index (χ4v) is 1.74. The third kappa shape index (κ3) is 1.51. The summed E-state index contributed by atoms with van der Waals surface area (Å²) in [7, 11) is 1.50. The van der Waals surface area contributed by atoms with Crippen LogP contribution in [0.1, 0.15) is 23.6 Å². The van der Waals surface area contributed by atoms with Gasteiger partial charge in [-0.2, -0.15) is 5.26 Å². The zero-order valence-corrected chi connectivity index (χ0v) is 8.45. The lowest BCUT2D eigenvalue weighted by atomic mass is 9.92. The second-order valence-corrected chi connectivity index (χ2v) is 3.48. The Morgan fingerprint density at radius 2 is 2.33 bits per heavy atom. The number of nitrogens with zero attached hydrogens (tertiary/aromatic N) is 1. The molecule has 2 rings (SSSR count). The van der Waals surface area contributed by atoms with Crippen molar-refractivity contribution in [1.29, 1.82) is 5.26 Å². The van der Waals surface area contributed by atoms with Crippen LogP contribution in [0.25, 0.3) is 0 Å². The summed E-state index contributed by atoms with van der Waals surface area (Å²) in [6, 6.07) is 5.44. The standard InChI is InChI=1S/C11H12N2O2/c1-15-9-3-2-7(6-12)10(11(9)14)8-4-5-13-8/h2-3,8,13-14H,4-5H2,1H3/t8-/m1/s1. The Kier molecular flexibility index (Phi) is 2.48. The average Bonchev–Trinajstić information content (AvgIpc) is 2.18. The largest absolute Gasteiger partial charge is 0.504 e. The minimum absolute atomic E-state index is 0.0775. The first-order valence-electron chi connectivity index (χ1n) is 4.81. The van der Waals surface area contributed by atoms with Crippen molar-refractivity contribution in [2.45, 2.75) is 12.5 Å². The highest BCUT2D eigenvalue weighted by Gasteiger charge is 2.26. The number of rotatable bonds is 2. The molecule has 0 spiro atoms. The lowest BCUT2D eigenvalue weighted by Crippen LogP contribution is -2.35. The third-order valence-electron chi connectivity index (χ3n) is 2.69. The third-order valence-corrected chi connectivity index (χ3v) is 2.69. The number of phenolic OH excluding ortho intramolecular Hbond substituents is 1. The Hall–Kier alpha value is -1.73. The minimum atomic E-state index is 0.0775. The van der Waals surface area contributed by atoms with Gasteiger partial charge in [0.05, 0.1) is 18.7 Å². The fraction of sp³-hybridized carbons (Fsp3) is 0.364. The van der Waals surface area contributed by atoms with Crippen LogP contribution in [0.2, 0.25) is 0 Å². The minimum Gasteiger partial charge on any atom is -0.504 e. The Bertz CT molecular complexity index is 419. The number of ether oxygens (including phenoxy) is 1. The van der Waals surface area contributed by atoms with Crippen LogP contribution in [0.4, 0.5) is 0 Å². The van der Waals surface area contributed by atoms with Crippen LogP contribution in [0.15, 0.2) is 12.1 Å². The maximum Gasteiger partial charge on any atom is 0.163 e. The van der Waals surface area contributed by atoms with Crippen molar-refractivity contribution in [2.24, 2.45) is 0 Å². The topological polar surface area (TPSA) is 65.3 Å². The van der Waals surface area contributed by atoms with Crippen LogP contribution in [0.5, 0.6) is 11.5 Å². The summed E-state index contributed by atoms with van der Waals surface area (Å²) >= 11 is 0. The lowest BCUT2D eigenvalue weighted by Gasteiger charge is -2.29. The van der Waals surface area contributed by atoms with Gasteiger partial charge in [-0.25, -0.2) is 0 Å². The SMILES string of the molecule is COc1ccc(C#N)c([C@H]2CCN2)c1O. The van der Waals surface area contributed by atoms with Crippen molar-refractivity contribution in [1.82, 2.24) is 5.32 Å². The summed E-state index contributed by atoms with van der Waals surface area (Å²) < 4.78 is 5.02. The van der Waals surface area contributed by atoms with Gasteiger partial charge in [0.25, 0.3) is 0 Å². The Balaban J connectivity index is 2.51. The normalized spacial score (nSPS) is 19.1. The van der Waals surface area contributed by atoms with Gasteiger partial charge in [-0.1, -0.05) is 0 Å². The summed E-state index contributed by atoms with van der Waals surface area (Å²) in [5.41, 5.74) is 1.16. The van der Waals surface area contributed by atoms with Gasteiger partial charge in [0, 0.05) is 11.6 Å². The molecule has 0 saturated carbocycles. The number of benzene rings is 1. The molecule has 0 bridgehead atoms. The molecule has 1 heterocycles. The van der Waals surface area contributed by atoms with Crippen molar-refractivity contribution in [3.05, 3.63) is 23.3 Å². The number of nitrogens with one attached hydrogen (secondary N) is 1. The number of hydrogen-bond donors (Lipinski definition) is 2. The van der Waals surface area contributed by atoms with Gasteiger partial charge in [0.15, 0.2) is 11.5 Å². The van der Waals surface area contributed by atoms with Gasteiger partial charge in [-0.05, 0) is 25.1 Å². The first kappa shape index (κ1) is 9.81. The van der Waals surface area contributed by atoms with Gasteiger partial charge in [0.1, 0.15) is 0 Å². The summed E-state index contributed by atoms with van der Waals surface area (Å²) in [6.07, 6.45) is 0.940. The molecule has 1 aromatic carbocycles. The van der Waals surface area contributed by atoms with Crippen molar-refractivity contribution >= 4 is 0 Å². The molecule has 0 amide bonds. The second-order valence-electron chi connectivity index (χ2n) is 3.48. The predicted molar refractivity (Wildman–Crippen MR) is 54.7 cm³/mol. The average molecular weight is 204 g/mol. The zero-order valence-electron chi connectivity index (χ0n) is 8.45. The van der Waals surface area contributed by atoms with Crippen LogP contribution in [-0.4, -0.2) is 18.8 Å². The number of phenols is 1. The molecule has 1 aliphatic heterocycles. The van der Waals surface area contributed by atoms with E-state index in [4.69, 9.17) is 10.00 Å². The van der Waals surface area contributed by atoms with E-state index in [1.54, 1.807) is 12.1 Å². The number of methoxy groups -OCH3 is 1. The fourth-order valence-electron chi connectivity index (χ4n) is 1.74. The molecule has 0 unspecified atom stereocenters. The highest BCUT2D eigenvalue weighted by Crippen LogP contribution is 2.39. The molecule has 4 nitrogen and oxygen atoms in total. The number of aromatic hydroxyl groups is 1. The molecule has 78 valence electrons. The molecule has 15 heavy (non-hydrogen) atoms. The van der Waals surface area contributed by atoms with Gasteiger partial charge in [0.2, 0.25) is 0 Å². The molecule has 1 aromatic rings.